The van der Waals surface area contributed by atoms with Crippen LogP contribution in [0.15, 0.2) is 36.4 Å². The van der Waals surface area contributed by atoms with Crippen LogP contribution in [0.5, 0.6) is 0 Å². The second kappa shape index (κ2) is 6.25. The SMILES string of the molecule is CCNCc1ccc(-c2cccc([N+](=O)[O-])c2)nc1C. The molecule has 2 aromatic rings. The Morgan fingerprint density at radius 3 is 2.75 bits per heavy atom. The van der Waals surface area contributed by atoms with Crippen LogP contribution in [0.1, 0.15) is 18.2 Å². The van der Waals surface area contributed by atoms with Gasteiger partial charge >= 0.3 is 0 Å². The molecule has 1 aromatic heterocycles. The Bertz CT molecular complexity index is 626. The summed E-state index contributed by atoms with van der Waals surface area (Å²) >= 11 is 0. The van der Waals surface area contributed by atoms with E-state index in [-0.39, 0.29) is 5.69 Å². The number of aryl methyl sites for hydroxylation is 1. The van der Waals surface area contributed by atoms with Crippen molar-refractivity contribution in [1.29, 1.82) is 0 Å². The predicted octanol–water partition coefficient (Wildman–Crippen LogP) is 3.07. The summed E-state index contributed by atoms with van der Waals surface area (Å²) in [6.45, 7) is 5.70. The largest absolute Gasteiger partial charge is 0.313 e. The fourth-order valence-corrected chi connectivity index (χ4v) is 1.98. The minimum Gasteiger partial charge on any atom is -0.313 e. The van der Waals surface area contributed by atoms with E-state index in [2.05, 4.69) is 17.2 Å². The first-order valence-electron chi connectivity index (χ1n) is 6.54. The van der Waals surface area contributed by atoms with Gasteiger partial charge in [-0.25, -0.2) is 0 Å². The zero-order valence-corrected chi connectivity index (χ0v) is 11.6. The molecule has 5 nitrogen and oxygen atoms in total. The van der Waals surface area contributed by atoms with Gasteiger partial charge in [-0.3, -0.25) is 15.1 Å². The number of nitrogens with one attached hydrogen (secondary N) is 1. The lowest BCUT2D eigenvalue weighted by atomic mass is 10.1. The van der Waals surface area contributed by atoms with E-state index < -0.39 is 4.92 Å². The number of rotatable bonds is 5. The van der Waals surface area contributed by atoms with Crippen LogP contribution in [0, 0.1) is 17.0 Å². The molecule has 0 saturated heterocycles. The Hall–Kier alpha value is -2.27. The third kappa shape index (κ3) is 3.19. The first-order chi connectivity index (χ1) is 9.61. The Balaban J connectivity index is 2.31. The molecule has 0 radical (unpaired) electrons. The standard InChI is InChI=1S/C15H17N3O2/c1-3-16-10-13-7-8-15(17-11(13)2)12-5-4-6-14(9-12)18(19)20/h4-9,16H,3,10H2,1-2H3. The van der Waals surface area contributed by atoms with Gasteiger partial charge in [0.2, 0.25) is 0 Å². The molecule has 2 rings (SSSR count). The lowest BCUT2D eigenvalue weighted by Crippen LogP contribution is -2.13. The van der Waals surface area contributed by atoms with Crippen molar-refractivity contribution in [2.75, 3.05) is 6.54 Å². The molecule has 0 saturated carbocycles. The quantitative estimate of drug-likeness (QED) is 0.670. The molecule has 0 aliphatic carbocycles. The number of hydrogen-bond donors (Lipinski definition) is 1. The van der Waals surface area contributed by atoms with E-state index in [1.165, 1.54) is 6.07 Å². The van der Waals surface area contributed by atoms with Crippen molar-refractivity contribution in [2.45, 2.75) is 20.4 Å². The molecular formula is C15H17N3O2. The Morgan fingerprint density at radius 2 is 2.10 bits per heavy atom. The molecule has 0 unspecified atom stereocenters. The minimum absolute atomic E-state index is 0.0821. The van der Waals surface area contributed by atoms with E-state index in [4.69, 9.17) is 0 Å². The Kier molecular flexibility index (Phi) is 4.42. The van der Waals surface area contributed by atoms with Crippen LogP contribution in [-0.4, -0.2) is 16.5 Å². The third-order valence-electron chi connectivity index (χ3n) is 3.11. The molecule has 0 fully saturated rings. The van der Waals surface area contributed by atoms with Gasteiger partial charge in [0.15, 0.2) is 0 Å². The molecule has 1 N–H and O–H groups in total. The van der Waals surface area contributed by atoms with Crippen molar-refractivity contribution in [3.63, 3.8) is 0 Å². The number of non-ortho nitro benzene ring substituents is 1. The highest BCUT2D eigenvalue weighted by Gasteiger charge is 2.09. The molecule has 20 heavy (non-hydrogen) atoms. The van der Waals surface area contributed by atoms with Gasteiger partial charge in [0.1, 0.15) is 0 Å². The monoisotopic (exact) mass is 271 g/mol. The summed E-state index contributed by atoms with van der Waals surface area (Å²) in [7, 11) is 0. The molecule has 0 aliphatic heterocycles. The van der Waals surface area contributed by atoms with Crippen molar-refractivity contribution < 1.29 is 4.92 Å². The second-order valence-corrected chi connectivity index (χ2v) is 4.53. The van der Waals surface area contributed by atoms with Crippen molar-refractivity contribution in [3.05, 3.63) is 57.8 Å². The summed E-state index contributed by atoms with van der Waals surface area (Å²) < 4.78 is 0. The molecule has 0 bridgehead atoms. The fourth-order valence-electron chi connectivity index (χ4n) is 1.98. The molecule has 5 heteroatoms. The van der Waals surface area contributed by atoms with Gasteiger partial charge in [0.25, 0.3) is 5.69 Å². The van der Waals surface area contributed by atoms with E-state index >= 15 is 0 Å². The Labute approximate surface area is 117 Å². The van der Waals surface area contributed by atoms with Crippen LogP contribution < -0.4 is 5.32 Å². The normalized spacial score (nSPS) is 10.5. The molecule has 0 amide bonds. The van der Waals surface area contributed by atoms with E-state index in [9.17, 15) is 10.1 Å². The summed E-state index contributed by atoms with van der Waals surface area (Å²) in [6, 6.07) is 10.5. The van der Waals surface area contributed by atoms with Crippen LogP contribution in [0.25, 0.3) is 11.3 Å². The molecule has 1 aromatic carbocycles. The highest BCUT2D eigenvalue weighted by atomic mass is 16.6. The van der Waals surface area contributed by atoms with E-state index in [1.54, 1.807) is 12.1 Å². The fraction of sp³-hybridized carbons (Fsp3) is 0.267. The minimum atomic E-state index is -0.393. The maximum Gasteiger partial charge on any atom is 0.270 e. The second-order valence-electron chi connectivity index (χ2n) is 4.53. The lowest BCUT2D eigenvalue weighted by Gasteiger charge is -2.08. The van der Waals surface area contributed by atoms with Gasteiger partial charge in [-0.1, -0.05) is 25.1 Å². The Morgan fingerprint density at radius 1 is 1.30 bits per heavy atom. The molecule has 0 atom stereocenters. The highest BCUT2D eigenvalue weighted by Crippen LogP contribution is 2.23. The van der Waals surface area contributed by atoms with E-state index in [1.807, 2.05) is 25.1 Å². The molecule has 0 aliphatic rings. The van der Waals surface area contributed by atoms with Crippen LogP contribution in [0.4, 0.5) is 5.69 Å². The molecular weight excluding hydrogens is 254 g/mol. The zero-order chi connectivity index (χ0) is 14.5. The maximum absolute atomic E-state index is 10.8. The van der Waals surface area contributed by atoms with Gasteiger partial charge in [0.05, 0.1) is 10.6 Å². The number of nitro groups is 1. The van der Waals surface area contributed by atoms with E-state index in [0.717, 1.165) is 35.6 Å². The number of pyridine rings is 1. The molecule has 104 valence electrons. The van der Waals surface area contributed by atoms with Gasteiger partial charge in [-0.15, -0.1) is 0 Å². The zero-order valence-electron chi connectivity index (χ0n) is 11.6. The van der Waals surface area contributed by atoms with Crippen LogP contribution in [0.2, 0.25) is 0 Å². The average molecular weight is 271 g/mol. The first-order valence-corrected chi connectivity index (χ1v) is 6.54. The van der Waals surface area contributed by atoms with Crippen LogP contribution in [0.3, 0.4) is 0 Å². The lowest BCUT2D eigenvalue weighted by molar-refractivity contribution is -0.384. The topological polar surface area (TPSA) is 68.1 Å². The summed E-state index contributed by atoms with van der Waals surface area (Å²) in [5, 5.41) is 14.1. The summed E-state index contributed by atoms with van der Waals surface area (Å²) in [5.41, 5.74) is 3.68. The van der Waals surface area contributed by atoms with Crippen molar-refractivity contribution in [2.24, 2.45) is 0 Å². The molecule has 0 spiro atoms. The predicted molar refractivity (Wildman–Crippen MR) is 78.4 cm³/mol. The average Bonchev–Trinajstić information content (AvgIpc) is 2.46. The maximum atomic E-state index is 10.8. The van der Waals surface area contributed by atoms with Crippen molar-refractivity contribution in [1.82, 2.24) is 10.3 Å². The number of aromatic nitrogens is 1. The van der Waals surface area contributed by atoms with Crippen molar-refractivity contribution >= 4 is 5.69 Å². The van der Waals surface area contributed by atoms with Gasteiger partial charge in [-0.2, -0.15) is 0 Å². The van der Waals surface area contributed by atoms with Crippen LogP contribution >= 0.6 is 0 Å². The highest BCUT2D eigenvalue weighted by molar-refractivity contribution is 5.62. The summed E-state index contributed by atoms with van der Waals surface area (Å²) in [5.74, 6) is 0. The number of nitro benzene ring substituents is 1. The van der Waals surface area contributed by atoms with Gasteiger partial charge in [0, 0.05) is 29.9 Å². The van der Waals surface area contributed by atoms with E-state index in [0.29, 0.717) is 0 Å². The molecule has 1 heterocycles. The summed E-state index contributed by atoms with van der Waals surface area (Å²) in [6.07, 6.45) is 0. The number of hydrogen-bond acceptors (Lipinski definition) is 4. The smallest absolute Gasteiger partial charge is 0.270 e. The first kappa shape index (κ1) is 14.1. The van der Waals surface area contributed by atoms with Gasteiger partial charge in [-0.05, 0) is 25.1 Å². The number of benzene rings is 1. The van der Waals surface area contributed by atoms with Crippen LogP contribution in [-0.2, 0) is 6.54 Å². The number of nitrogens with zero attached hydrogens (tertiary/aromatic N) is 2. The van der Waals surface area contributed by atoms with Gasteiger partial charge < -0.3 is 5.32 Å². The third-order valence-corrected chi connectivity index (χ3v) is 3.11. The van der Waals surface area contributed by atoms with Crippen molar-refractivity contribution in [3.8, 4) is 11.3 Å². The summed E-state index contributed by atoms with van der Waals surface area (Å²) in [4.78, 5) is 14.9.